The number of benzene rings is 2. The van der Waals surface area contributed by atoms with Crippen molar-refractivity contribution < 1.29 is 13.9 Å². The van der Waals surface area contributed by atoms with Gasteiger partial charge in [-0.15, -0.1) is 0 Å². The fraction of sp³-hybridized carbons (Fsp3) is 0.211. The molecule has 118 valence electrons. The van der Waals surface area contributed by atoms with E-state index in [-0.39, 0.29) is 12.4 Å². The molecule has 0 amide bonds. The predicted molar refractivity (Wildman–Crippen MR) is 88.1 cm³/mol. The van der Waals surface area contributed by atoms with Crippen LogP contribution in [0, 0.1) is 12.7 Å². The van der Waals surface area contributed by atoms with E-state index in [0.29, 0.717) is 17.9 Å². The molecule has 1 aromatic heterocycles. The van der Waals surface area contributed by atoms with Crippen molar-refractivity contribution in [2.75, 3.05) is 6.61 Å². The van der Waals surface area contributed by atoms with Crippen molar-refractivity contribution in [3.63, 3.8) is 0 Å². The summed E-state index contributed by atoms with van der Waals surface area (Å²) in [7, 11) is 0. The van der Waals surface area contributed by atoms with E-state index < -0.39 is 5.97 Å². The maximum Gasteiger partial charge on any atom is 0.354 e. The molecule has 3 aromatic rings. The third kappa shape index (κ3) is 2.97. The van der Waals surface area contributed by atoms with Crippen molar-refractivity contribution in [3.05, 3.63) is 71.2 Å². The maximum absolute atomic E-state index is 14.0. The van der Waals surface area contributed by atoms with Crippen molar-refractivity contribution in [2.24, 2.45) is 0 Å². The van der Waals surface area contributed by atoms with Gasteiger partial charge in [-0.2, -0.15) is 0 Å². The average Bonchev–Trinajstić information content (AvgIpc) is 2.87. The summed E-state index contributed by atoms with van der Waals surface area (Å²) in [4.78, 5) is 12.3. The van der Waals surface area contributed by atoms with Crippen molar-refractivity contribution in [1.82, 2.24) is 4.57 Å². The van der Waals surface area contributed by atoms with Crippen LogP contribution < -0.4 is 0 Å². The molecule has 2 aromatic carbocycles. The van der Waals surface area contributed by atoms with Crippen LogP contribution in [0.1, 0.15) is 28.5 Å². The molecule has 0 saturated heterocycles. The normalized spacial score (nSPS) is 10.9. The molecule has 23 heavy (non-hydrogen) atoms. The van der Waals surface area contributed by atoms with Crippen molar-refractivity contribution in [2.45, 2.75) is 20.4 Å². The number of halogens is 1. The Morgan fingerprint density at radius 3 is 2.70 bits per heavy atom. The Morgan fingerprint density at radius 2 is 1.96 bits per heavy atom. The van der Waals surface area contributed by atoms with Crippen molar-refractivity contribution in [1.29, 1.82) is 0 Å². The topological polar surface area (TPSA) is 31.2 Å². The Hall–Kier alpha value is -2.62. The van der Waals surface area contributed by atoms with Crippen LogP contribution >= 0.6 is 0 Å². The number of fused-ring (bicyclic) bond motifs is 1. The van der Waals surface area contributed by atoms with Crippen LogP contribution in [0.4, 0.5) is 4.39 Å². The lowest BCUT2D eigenvalue weighted by Gasteiger charge is -2.11. The first-order valence-electron chi connectivity index (χ1n) is 7.60. The van der Waals surface area contributed by atoms with Crippen molar-refractivity contribution in [3.8, 4) is 0 Å². The Balaban J connectivity index is 2.14. The first-order valence-corrected chi connectivity index (χ1v) is 7.60. The molecule has 0 spiro atoms. The summed E-state index contributed by atoms with van der Waals surface area (Å²) in [5.41, 5.74) is 2.98. The minimum absolute atomic E-state index is 0.281. The third-order valence-electron chi connectivity index (χ3n) is 3.83. The highest BCUT2D eigenvalue weighted by molar-refractivity contribution is 5.96. The zero-order valence-corrected chi connectivity index (χ0v) is 13.2. The molecule has 0 fully saturated rings. The molecule has 0 N–H and O–H groups in total. The fourth-order valence-electron chi connectivity index (χ4n) is 2.73. The monoisotopic (exact) mass is 311 g/mol. The SMILES string of the molecule is CCOC(=O)c1cc2cc(C)ccc2n1Cc1ccccc1F. The quantitative estimate of drug-likeness (QED) is 0.672. The zero-order valence-electron chi connectivity index (χ0n) is 13.2. The first kappa shape index (κ1) is 15.3. The summed E-state index contributed by atoms with van der Waals surface area (Å²) in [5.74, 6) is -0.672. The number of hydrogen-bond donors (Lipinski definition) is 0. The van der Waals surface area contributed by atoms with Gasteiger partial charge in [-0.25, -0.2) is 9.18 Å². The number of nitrogens with zero attached hydrogens (tertiary/aromatic N) is 1. The summed E-state index contributed by atoms with van der Waals surface area (Å²) >= 11 is 0. The van der Waals surface area contributed by atoms with Crippen molar-refractivity contribution >= 4 is 16.9 Å². The summed E-state index contributed by atoms with van der Waals surface area (Å²) in [6.07, 6.45) is 0. The van der Waals surface area contributed by atoms with Gasteiger partial charge in [0, 0.05) is 16.5 Å². The standard InChI is InChI=1S/C19H18FNO2/c1-3-23-19(22)18-11-15-10-13(2)8-9-17(15)21(18)12-14-6-4-5-7-16(14)20/h4-11H,3,12H2,1-2H3. The molecule has 0 aliphatic rings. The Labute approximate surface area is 134 Å². The van der Waals surface area contributed by atoms with Crippen LogP contribution in [-0.2, 0) is 11.3 Å². The molecule has 0 aliphatic carbocycles. The lowest BCUT2D eigenvalue weighted by Crippen LogP contribution is -2.13. The van der Waals surface area contributed by atoms with Gasteiger partial charge in [-0.3, -0.25) is 0 Å². The van der Waals surface area contributed by atoms with E-state index in [9.17, 15) is 9.18 Å². The van der Waals surface area contributed by atoms with Gasteiger partial charge in [0.05, 0.1) is 13.2 Å². The summed E-state index contributed by atoms with van der Waals surface area (Å²) in [6, 6.07) is 14.3. The van der Waals surface area contributed by atoms with E-state index in [4.69, 9.17) is 4.74 Å². The van der Waals surface area contributed by atoms with Gasteiger partial charge in [-0.05, 0) is 38.1 Å². The Morgan fingerprint density at radius 1 is 1.17 bits per heavy atom. The summed E-state index contributed by atoms with van der Waals surface area (Å²) < 4.78 is 21.0. The fourth-order valence-corrected chi connectivity index (χ4v) is 2.73. The molecule has 0 bridgehead atoms. The molecule has 1 heterocycles. The van der Waals surface area contributed by atoms with Crippen LogP contribution in [0.2, 0.25) is 0 Å². The first-order chi connectivity index (χ1) is 11.1. The number of aromatic nitrogens is 1. The number of carbonyl (C=O) groups is 1. The smallest absolute Gasteiger partial charge is 0.354 e. The maximum atomic E-state index is 14.0. The lowest BCUT2D eigenvalue weighted by atomic mass is 10.2. The van der Waals surface area contributed by atoms with Gasteiger partial charge >= 0.3 is 5.97 Å². The van der Waals surface area contributed by atoms with Crippen LogP contribution in [0.25, 0.3) is 10.9 Å². The number of aryl methyl sites for hydroxylation is 1. The largest absolute Gasteiger partial charge is 0.461 e. The van der Waals surface area contributed by atoms with E-state index in [1.54, 1.807) is 31.2 Å². The third-order valence-corrected chi connectivity index (χ3v) is 3.83. The van der Waals surface area contributed by atoms with Gasteiger partial charge in [0.1, 0.15) is 11.5 Å². The highest BCUT2D eigenvalue weighted by Crippen LogP contribution is 2.24. The lowest BCUT2D eigenvalue weighted by molar-refractivity contribution is 0.0515. The molecule has 0 radical (unpaired) electrons. The molecule has 0 unspecified atom stereocenters. The number of carbonyl (C=O) groups excluding carboxylic acids is 1. The molecule has 0 atom stereocenters. The average molecular weight is 311 g/mol. The van der Waals surface area contributed by atoms with Gasteiger partial charge < -0.3 is 9.30 Å². The van der Waals surface area contributed by atoms with Crippen LogP contribution in [0.5, 0.6) is 0 Å². The summed E-state index contributed by atoms with van der Waals surface area (Å²) in [5, 5.41) is 0.949. The highest BCUT2D eigenvalue weighted by atomic mass is 19.1. The van der Waals surface area contributed by atoms with E-state index >= 15 is 0 Å². The second-order valence-electron chi connectivity index (χ2n) is 5.49. The molecule has 4 heteroatoms. The summed E-state index contributed by atoms with van der Waals surface area (Å²) in [6.45, 7) is 4.36. The van der Waals surface area contributed by atoms with Crippen LogP contribution in [0.3, 0.4) is 0 Å². The van der Waals surface area contributed by atoms with E-state index in [0.717, 1.165) is 16.5 Å². The van der Waals surface area contributed by atoms with E-state index in [2.05, 4.69) is 0 Å². The second-order valence-corrected chi connectivity index (χ2v) is 5.49. The number of ether oxygens (including phenoxy) is 1. The van der Waals surface area contributed by atoms with Crippen LogP contribution in [0.15, 0.2) is 48.5 Å². The zero-order chi connectivity index (χ0) is 16.4. The second kappa shape index (κ2) is 6.24. The predicted octanol–water partition coefficient (Wildman–Crippen LogP) is 4.31. The molecule has 0 saturated carbocycles. The van der Waals surface area contributed by atoms with E-state index in [1.807, 2.05) is 29.7 Å². The molecule has 3 nitrogen and oxygen atoms in total. The van der Waals surface area contributed by atoms with Gasteiger partial charge in [-0.1, -0.05) is 29.8 Å². The number of hydrogen-bond acceptors (Lipinski definition) is 2. The highest BCUT2D eigenvalue weighted by Gasteiger charge is 2.17. The minimum atomic E-state index is -0.391. The molecular weight excluding hydrogens is 293 g/mol. The number of rotatable bonds is 4. The van der Waals surface area contributed by atoms with Gasteiger partial charge in [0.15, 0.2) is 0 Å². The van der Waals surface area contributed by atoms with Crippen LogP contribution in [-0.4, -0.2) is 17.1 Å². The van der Waals surface area contributed by atoms with Gasteiger partial charge in [0.2, 0.25) is 0 Å². The molecular formula is C19H18FNO2. The number of esters is 1. The Kier molecular flexibility index (Phi) is 4.15. The molecule has 3 rings (SSSR count). The van der Waals surface area contributed by atoms with E-state index in [1.165, 1.54) is 6.07 Å². The molecule has 0 aliphatic heterocycles. The minimum Gasteiger partial charge on any atom is -0.461 e. The van der Waals surface area contributed by atoms with Gasteiger partial charge in [0.25, 0.3) is 0 Å². The Bertz CT molecular complexity index is 867.